The Kier molecular flexibility index (Phi) is 1.06. The van der Waals surface area contributed by atoms with E-state index in [0.717, 1.165) is 49.4 Å². The predicted molar refractivity (Wildman–Crippen MR) is 61.0 cm³/mol. The van der Waals surface area contributed by atoms with Crippen molar-refractivity contribution in [3.63, 3.8) is 0 Å². The van der Waals surface area contributed by atoms with Crippen LogP contribution in [-0.2, 0) is 0 Å². The largest absolute Gasteiger partial charge is 0.390 e. The van der Waals surface area contributed by atoms with Crippen molar-refractivity contribution in [3.05, 3.63) is 0 Å². The van der Waals surface area contributed by atoms with Crippen molar-refractivity contribution < 1.29 is 10.2 Å². The summed E-state index contributed by atoms with van der Waals surface area (Å²) < 4.78 is 0. The highest BCUT2D eigenvalue weighted by atomic mass is 16.3. The minimum absolute atomic E-state index is 0.289. The Morgan fingerprint density at radius 1 is 0.824 bits per heavy atom. The molecule has 6 aliphatic carbocycles. The summed E-state index contributed by atoms with van der Waals surface area (Å²) in [5.41, 5.74) is -0.443. The molecule has 92 valence electrons. The lowest BCUT2D eigenvalue weighted by Gasteiger charge is -2.65. The van der Waals surface area contributed by atoms with Gasteiger partial charge in [-0.2, -0.15) is 0 Å². The van der Waals surface area contributed by atoms with E-state index < -0.39 is 0 Å². The Morgan fingerprint density at radius 3 is 2.53 bits per heavy atom. The summed E-state index contributed by atoms with van der Waals surface area (Å²) in [6.45, 7) is 0. The van der Waals surface area contributed by atoms with Crippen LogP contribution in [0.2, 0.25) is 0 Å². The standard InChI is InChI=1S/C15H20O2/c16-13-4-9-8-1-7-2-14(10(8)5-13)12(9)11(6-13)15(14,17)3-7/h7-12,16-17H,1-6H2/t7?,8?,9?,10?,11?,12?,13?,14-,15?/m1/s1. The Bertz CT molecular complexity index is 462. The first kappa shape index (κ1) is 8.92. The molecule has 1 spiro atoms. The average molecular weight is 232 g/mol. The molecule has 9 atom stereocenters. The molecule has 6 bridgehead atoms. The van der Waals surface area contributed by atoms with Crippen LogP contribution in [0, 0.1) is 40.9 Å². The van der Waals surface area contributed by atoms with E-state index >= 15 is 0 Å². The molecule has 6 aliphatic rings. The van der Waals surface area contributed by atoms with Crippen molar-refractivity contribution in [1.29, 1.82) is 0 Å². The van der Waals surface area contributed by atoms with Crippen LogP contribution in [0.4, 0.5) is 0 Å². The van der Waals surface area contributed by atoms with Crippen LogP contribution in [-0.4, -0.2) is 21.4 Å². The predicted octanol–water partition coefficient (Wildman–Crippen LogP) is 1.55. The highest BCUT2D eigenvalue weighted by Crippen LogP contribution is 2.88. The van der Waals surface area contributed by atoms with E-state index in [0.29, 0.717) is 11.8 Å². The van der Waals surface area contributed by atoms with Gasteiger partial charge in [0.05, 0.1) is 11.2 Å². The van der Waals surface area contributed by atoms with Crippen molar-refractivity contribution in [1.82, 2.24) is 0 Å². The molecule has 2 nitrogen and oxygen atoms in total. The van der Waals surface area contributed by atoms with Crippen LogP contribution in [0.15, 0.2) is 0 Å². The maximum Gasteiger partial charge on any atom is 0.0744 e. The van der Waals surface area contributed by atoms with E-state index in [9.17, 15) is 10.2 Å². The molecule has 0 radical (unpaired) electrons. The highest BCUT2D eigenvalue weighted by Gasteiger charge is 2.88. The van der Waals surface area contributed by atoms with Crippen molar-refractivity contribution in [2.24, 2.45) is 40.9 Å². The van der Waals surface area contributed by atoms with Gasteiger partial charge in [0, 0.05) is 5.41 Å². The van der Waals surface area contributed by atoms with Crippen LogP contribution in [0.3, 0.4) is 0 Å². The molecular formula is C15H20O2. The number of hydrogen-bond acceptors (Lipinski definition) is 2. The monoisotopic (exact) mass is 232 g/mol. The van der Waals surface area contributed by atoms with Crippen molar-refractivity contribution in [2.75, 3.05) is 0 Å². The van der Waals surface area contributed by atoms with Gasteiger partial charge >= 0.3 is 0 Å². The highest BCUT2D eigenvalue weighted by molar-refractivity contribution is 5.37. The van der Waals surface area contributed by atoms with Crippen molar-refractivity contribution in [3.8, 4) is 0 Å². The summed E-state index contributed by atoms with van der Waals surface area (Å²) in [5.74, 6) is 4.42. The molecule has 2 heteroatoms. The third-order valence-corrected chi connectivity index (χ3v) is 8.28. The van der Waals surface area contributed by atoms with Crippen molar-refractivity contribution in [2.45, 2.75) is 49.7 Å². The zero-order valence-electron chi connectivity index (χ0n) is 10.1. The second-order valence-electron chi connectivity index (χ2n) is 8.38. The Labute approximate surface area is 101 Å². The Morgan fingerprint density at radius 2 is 1.65 bits per heavy atom. The number of hydrogen-bond donors (Lipinski definition) is 2. The number of aliphatic hydroxyl groups is 2. The molecule has 8 unspecified atom stereocenters. The van der Waals surface area contributed by atoms with Gasteiger partial charge in [0.2, 0.25) is 0 Å². The van der Waals surface area contributed by atoms with E-state index in [1.54, 1.807) is 0 Å². The summed E-state index contributed by atoms with van der Waals surface area (Å²) in [4.78, 5) is 0. The fourth-order valence-electron chi connectivity index (χ4n) is 8.49. The van der Waals surface area contributed by atoms with E-state index in [-0.39, 0.29) is 16.6 Å². The van der Waals surface area contributed by atoms with E-state index in [1.807, 2.05) is 0 Å². The summed E-state index contributed by atoms with van der Waals surface area (Å²) in [7, 11) is 0. The minimum atomic E-state index is -0.386. The first-order chi connectivity index (χ1) is 8.07. The molecule has 6 saturated carbocycles. The molecule has 0 amide bonds. The van der Waals surface area contributed by atoms with E-state index in [1.165, 1.54) is 12.8 Å². The smallest absolute Gasteiger partial charge is 0.0744 e. The van der Waals surface area contributed by atoms with Crippen LogP contribution in [0.5, 0.6) is 0 Å². The Balaban J connectivity index is 1.70. The molecule has 6 fully saturated rings. The van der Waals surface area contributed by atoms with Gasteiger partial charge in [-0.1, -0.05) is 0 Å². The van der Waals surface area contributed by atoms with Gasteiger partial charge in [-0.05, 0) is 74.0 Å². The van der Waals surface area contributed by atoms with Gasteiger partial charge < -0.3 is 10.2 Å². The van der Waals surface area contributed by atoms with E-state index in [2.05, 4.69) is 0 Å². The van der Waals surface area contributed by atoms with Crippen LogP contribution >= 0.6 is 0 Å². The van der Waals surface area contributed by atoms with Gasteiger partial charge in [-0.25, -0.2) is 0 Å². The molecular weight excluding hydrogens is 212 g/mol. The third kappa shape index (κ3) is 0.596. The van der Waals surface area contributed by atoms with E-state index in [4.69, 9.17) is 0 Å². The molecule has 2 N–H and O–H groups in total. The molecule has 0 heterocycles. The SMILES string of the molecule is OC12CC3C4CC5CC6(O)C(C1)C3[C@@]6(C5)C4C2. The van der Waals surface area contributed by atoms with Gasteiger partial charge in [-0.3, -0.25) is 0 Å². The molecule has 0 aromatic heterocycles. The third-order valence-electron chi connectivity index (χ3n) is 8.28. The molecule has 6 rings (SSSR count). The zero-order valence-corrected chi connectivity index (χ0v) is 10.1. The van der Waals surface area contributed by atoms with Crippen molar-refractivity contribution >= 4 is 0 Å². The molecule has 0 aromatic rings. The molecule has 0 saturated heterocycles. The second kappa shape index (κ2) is 2.02. The molecule has 0 aromatic carbocycles. The fourth-order valence-corrected chi connectivity index (χ4v) is 8.49. The quantitative estimate of drug-likeness (QED) is 0.665. The summed E-state index contributed by atoms with van der Waals surface area (Å²) >= 11 is 0. The average Bonchev–Trinajstić information content (AvgIpc) is 2.46. The Hall–Kier alpha value is -0.0800. The normalized spacial score (nSPS) is 80.8. The van der Waals surface area contributed by atoms with Crippen LogP contribution < -0.4 is 0 Å². The minimum Gasteiger partial charge on any atom is -0.390 e. The first-order valence-corrected chi connectivity index (χ1v) is 7.52. The van der Waals surface area contributed by atoms with Gasteiger partial charge in [0.1, 0.15) is 0 Å². The van der Waals surface area contributed by atoms with Gasteiger partial charge in [-0.15, -0.1) is 0 Å². The number of fused-ring (bicyclic) bond motifs is 3. The van der Waals surface area contributed by atoms with Gasteiger partial charge in [0.15, 0.2) is 0 Å². The lowest BCUT2D eigenvalue weighted by molar-refractivity contribution is -0.263. The lowest BCUT2D eigenvalue weighted by Crippen LogP contribution is -2.69. The number of rotatable bonds is 0. The summed E-state index contributed by atoms with van der Waals surface area (Å²) in [6, 6.07) is 0. The topological polar surface area (TPSA) is 40.5 Å². The first-order valence-electron chi connectivity index (χ1n) is 7.52. The van der Waals surface area contributed by atoms with Crippen LogP contribution in [0.25, 0.3) is 0 Å². The molecule has 0 aliphatic heterocycles. The fraction of sp³-hybridized carbons (Fsp3) is 1.00. The second-order valence-corrected chi connectivity index (χ2v) is 8.38. The van der Waals surface area contributed by atoms with Gasteiger partial charge in [0.25, 0.3) is 0 Å². The maximum absolute atomic E-state index is 11.2. The van der Waals surface area contributed by atoms with Crippen LogP contribution in [0.1, 0.15) is 38.5 Å². The summed E-state index contributed by atoms with van der Waals surface area (Å²) in [6.07, 6.45) is 6.76. The maximum atomic E-state index is 11.2. The lowest BCUT2D eigenvalue weighted by atomic mass is 9.42. The zero-order chi connectivity index (χ0) is 11.2. The molecule has 17 heavy (non-hydrogen) atoms. The summed E-state index contributed by atoms with van der Waals surface area (Å²) in [5, 5.41) is 22.0.